The van der Waals surface area contributed by atoms with Crippen molar-refractivity contribution in [1.29, 1.82) is 0 Å². The molecule has 2 aliphatic heterocycles. The van der Waals surface area contributed by atoms with E-state index in [4.69, 9.17) is 4.74 Å². The van der Waals surface area contributed by atoms with Crippen molar-refractivity contribution in [3.8, 4) is 17.1 Å². The molecule has 1 atom stereocenters. The monoisotopic (exact) mass is 468 g/mol. The molecule has 0 radical (unpaired) electrons. The van der Waals surface area contributed by atoms with Gasteiger partial charge in [0.05, 0.1) is 18.4 Å². The molecular formula is C22H24N6O4S. The van der Waals surface area contributed by atoms with Crippen LogP contribution >= 0.6 is 0 Å². The van der Waals surface area contributed by atoms with Gasteiger partial charge in [0, 0.05) is 24.4 Å². The van der Waals surface area contributed by atoms with Crippen LogP contribution in [0.2, 0.25) is 0 Å². The van der Waals surface area contributed by atoms with Gasteiger partial charge in [-0.1, -0.05) is 18.2 Å². The van der Waals surface area contributed by atoms with Gasteiger partial charge in [-0.2, -0.15) is 10.1 Å². The lowest BCUT2D eigenvalue weighted by Gasteiger charge is -2.32. The Morgan fingerprint density at radius 1 is 1.18 bits per heavy atom. The Kier molecular flexibility index (Phi) is 5.28. The Labute approximate surface area is 191 Å². The minimum absolute atomic E-state index is 0.0409. The molecule has 2 aliphatic rings. The van der Waals surface area contributed by atoms with Crippen molar-refractivity contribution in [2.75, 3.05) is 17.8 Å². The molecule has 3 aromatic rings. The number of anilines is 1. The van der Waals surface area contributed by atoms with Crippen LogP contribution in [0.4, 0.5) is 5.95 Å². The summed E-state index contributed by atoms with van der Waals surface area (Å²) < 4.78 is 35.9. The molecule has 0 spiro atoms. The van der Waals surface area contributed by atoms with Crippen LogP contribution in [0.3, 0.4) is 0 Å². The van der Waals surface area contributed by atoms with E-state index >= 15 is 0 Å². The van der Waals surface area contributed by atoms with Crippen molar-refractivity contribution < 1.29 is 17.9 Å². The molecule has 10 nitrogen and oxygen atoms in total. The minimum atomic E-state index is -4.02. The van der Waals surface area contributed by atoms with Crippen LogP contribution in [0.25, 0.3) is 11.3 Å². The normalized spacial score (nSPS) is 19.9. The predicted octanol–water partition coefficient (Wildman–Crippen LogP) is 2.14. The molecule has 172 valence electrons. The highest BCUT2D eigenvalue weighted by Gasteiger charge is 2.28. The molecule has 0 saturated carbocycles. The fraction of sp³-hybridized carbons (Fsp3) is 0.364. The van der Waals surface area contributed by atoms with Gasteiger partial charge in [0.2, 0.25) is 17.7 Å². The number of fused-ring (bicyclic) bond motifs is 6. The number of aryl methyl sites for hydroxylation is 2. The van der Waals surface area contributed by atoms with Gasteiger partial charge in [0.15, 0.2) is 0 Å². The lowest BCUT2D eigenvalue weighted by Crippen LogP contribution is -2.45. The first-order chi connectivity index (χ1) is 15.8. The summed E-state index contributed by atoms with van der Waals surface area (Å²) >= 11 is 0. The minimum Gasteiger partial charge on any atom is -0.472 e. The van der Waals surface area contributed by atoms with Gasteiger partial charge in [0.1, 0.15) is 17.5 Å². The molecule has 1 fully saturated rings. The molecule has 33 heavy (non-hydrogen) atoms. The lowest BCUT2D eigenvalue weighted by atomic mass is 10.00. The Hall–Kier alpha value is -3.47. The third kappa shape index (κ3) is 4.28. The summed E-state index contributed by atoms with van der Waals surface area (Å²) in [5.74, 6) is 0.0334. The van der Waals surface area contributed by atoms with E-state index in [2.05, 4.69) is 19.8 Å². The maximum atomic E-state index is 13.0. The van der Waals surface area contributed by atoms with Crippen molar-refractivity contribution in [3.63, 3.8) is 0 Å². The smallest absolute Gasteiger partial charge is 0.267 e. The molecule has 11 heteroatoms. The topological polar surface area (TPSA) is 119 Å². The first kappa shape index (κ1) is 21.4. The molecule has 6 bridgehead atoms. The second kappa shape index (κ2) is 8.14. The van der Waals surface area contributed by atoms with Crippen LogP contribution < -0.4 is 9.46 Å². The Balaban J connectivity index is 1.64. The maximum Gasteiger partial charge on any atom is 0.267 e. The summed E-state index contributed by atoms with van der Waals surface area (Å²) in [6.45, 7) is 4.95. The van der Waals surface area contributed by atoms with E-state index in [1.807, 2.05) is 32.0 Å². The highest BCUT2D eigenvalue weighted by Crippen LogP contribution is 2.30. The van der Waals surface area contributed by atoms with Gasteiger partial charge in [-0.15, -0.1) is 0 Å². The molecule has 4 heterocycles. The summed E-state index contributed by atoms with van der Waals surface area (Å²) in [7, 11) is -4.02. The van der Waals surface area contributed by atoms with Gasteiger partial charge in [0.25, 0.3) is 10.0 Å². The molecule has 1 aromatic carbocycles. The van der Waals surface area contributed by atoms with Crippen LogP contribution in [0.5, 0.6) is 5.88 Å². The van der Waals surface area contributed by atoms with Crippen molar-refractivity contribution in [2.24, 2.45) is 0 Å². The fourth-order valence-electron chi connectivity index (χ4n) is 4.30. The maximum absolute atomic E-state index is 13.0. The molecule has 5 rings (SSSR count). The van der Waals surface area contributed by atoms with Crippen LogP contribution in [-0.4, -0.2) is 58.2 Å². The van der Waals surface area contributed by atoms with Gasteiger partial charge in [-0.3, -0.25) is 9.48 Å². The zero-order valence-electron chi connectivity index (χ0n) is 18.4. The number of nitrogens with one attached hydrogen (secondary N) is 1. The summed E-state index contributed by atoms with van der Waals surface area (Å²) in [4.78, 5) is 23.3. The van der Waals surface area contributed by atoms with Gasteiger partial charge >= 0.3 is 0 Å². The van der Waals surface area contributed by atoms with Crippen molar-refractivity contribution >= 4 is 21.9 Å². The van der Waals surface area contributed by atoms with Gasteiger partial charge < -0.3 is 9.64 Å². The molecule has 1 N–H and O–H groups in total. The number of ether oxygens (including phenoxy) is 1. The number of benzene rings is 1. The number of amides is 1. The molecule has 2 aromatic heterocycles. The molecule has 1 amide bonds. The van der Waals surface area contributed by atoms with E-state index in [1.165, 1.54) is 17.1 Å². The number of hydrogen-bond acceptors (Lipinski definition) is 7. The Morgan fingerprint density at radius 2 is 1.97 bits per heavy atom. The van der Waals surface area contributed by atoms with E-state index in [0.717, 1.165) is 29.5 Å². The Morgan fingerprint density at radius 3 is 2.76 bits per heavy atom. The van der Waals surface area contributed by atoms with Gasteiger partial charge in [-0.25, -0.2) is 18.1 Å². The standard InChI is InChI=1S/C22H24N6O4S/c1-14-5-3-6-15(2)21(14)18-9-19-25-22(24-18)26-33(30,31)17-10-23-28(12-17)13-20(29)27-8-4-7-16(11-27)32-19/h3,5-6,9-10,12,16H,4,7-8,11,13H2,1-2H3,(H,24,25,26). The first-order valence-electron chi connectivity index (χ1n) is 10.7. The van der Waals surface area contributed by atoms with E-state index in [0.29, 0.717) is 18.8 Å². The number of sulfonamides is 1. The Bertz CT molecular complexity index is 1320. The highest BCUT2D eigenvalue weighted by molar-refractivity contribution is 7.92. The third-order valence-electron chi connectivity index (χ3n) is 5.90. The largest absolute Gasteiger partial charge is 0.472 e. The summed E-state index contributed by atoms with van der Waals surface area (Å²) in [5, 5.41) is 4.06. The van der Waals surface area contributed by atoms with E-state index in [1.54, 1.807) is 11.0 Å². The fourth-order valence-corrected chi connectivity index (χ4v) is 5.19. The molecular weight excluding hydrogens is 444 g/mol. The number of piperidine rings is 1. The number of carbonyl (C=O) groups is 1. The number of rotatable bonds is 1. The van der Waals surface area contributed by atoms with Gasteiger partial charge in [-0.05, 0) is 37.8 Å². The predicted molar refractivity (Wildman–Crippen MR) is 120 cm³/mol. The second-order valence-electron chi connectivity index (χ2n) is 8.38. The summed E-state index contributed by atoms with van der Waals surface area (Å²) in [5.41, 5.74) is 3.44. The molecule has 0 aliphatic carbocycles. The SMILES string of the molecule is Cc1cccc(C)c1-c1cc2nc(n1)NS(=O)(=O)c1cnn(c1)CC(=O)N1CCCC(C1)O2. The highest BCUT2D eigenvalue weighted by atomic mass is 32.2. The second-order valence-corrected chi connectivity index (χ2v) is 10.1. The zero-order chi connectivity index (χ0) is 23.2. The van der Waals surface area contributed by atoms with Crippen LogP contribution in [0.1, 0.15) is 24.0 Å². The zero-order valence-corrected chi connectivity index (χ0v) is 19.2. The summed E-state index contributed by atoms with van der Waals surface area (Å²) in [6.07, 6.45) is 3.85. The van der Waals surface area contributed by atoms with Crippen LogP contribution in [0, 0.1) is 13.8 Å². The number of hydrogen-bond donors (Lipinski definition) is 1. The van der Waals surface area contributed by atoms with Crippen molar-refractivity contribution in [2.45, 2.75) is 44.2 Å². The number of carbonyl (C=O) groups excluding carboxylic acids is 1. The third-order valence-corrected chi connectivity index (χ3v) is 7.18. The average Bonchev–Trinajstić information content (AvgIpc) is 3.22. The quantitative estimate of drug-likeness (QED) is 0.581. The number of nitrogens with zero attached hydrogens (tertiary/aromatic N) is 5. The number of aromatic nitrogens is 4. The first-order valence-corrected chi connectivity index (χ1v) is 12.2. The van der Waals surface area contributed by atoms with E-state index in [-0.39, 0.29) is 35.3 Å². The summed E-state index contributed by atoms with van der Waals surface area (Å²) in [6, 6.07) is 7.62. The van der Waals surface area contributed by atoms with E-state index < -0.39 is 10.0 Å². The van der Waals surface area contributed by atoms with E-state index in [9.17, 15) is 13.2 Å². The van der Waals surface area contributed by atoms with Crippen LogP contribution in [-0.2, 0) is 21.4 Å². The average molecular weight is 469 g/mol. The lowest BCUT2D eigenvalue weighted by molar-refractivity contribution is -0.134. The van der Waals surface area contributed by atoms with Crippen molar-refractivity contribution in [3.05, 3.63) is 47.8 Å². The van der Waals surface area contributed by atoms with Crippen molar-refractivity contribution in [1.82, 2.24) is 24.6 Å². The molecule has 1 unspecified atom stereocenters. The molecule has 1 saturated heterocycles. The van der Waals surface area contributed by atoms with Crippen LogP contribution in [0.15, 0.2) is 41.6 Å².